The molecular formula is C16H12BrNO6. The first-order valence-corrected chi connectivity index (χ1v) is 7.50. The van der Waals surface area contributed by atoms with Crippen molar-refractivity contribution in [2.45, 2.75) is 0 Å². The molecule has 0 aromatic heterocycles. The number of Topliss-reactive ketones (excluding diaryl/α,β-unsaturated/α-hetero) is 1. The van der Waals surface area contributed by atoms with Crippen molar-refractivity contribution >= 4 is 33.4 Å². The van der Waals surface area contributed by atoms with E-state index in [-0.39, 0.29) is 22.8 Å². The minimum absolute atomic E-state index is 0.0301. The molecule has 8 heteroatoms. The largest absolute Gasteiger partial charge is 0.490 e. The van der Waals surface area contributed by atoms with Crippen LogP contribution in [0.3, 0.4) is 0 Å². The Kier molecular flexibility index (Phi) is 5.64. The second-order valence-electron chi connectivity index (χ2n) is 4.65. The average Bonchev–Trinajstić information content (AvgIpc) is 2.59. The van der Waals surface area contributed by atoms with Gasteiger partial charge in [0.15, 0.2) is 18.1 Å². The number of benzene rings is 2. The summed E-state index contributed by atoms with van der Waals surface area (Å²) in [5.41, 5.74) is 0.00371. The van der Waals surface area contributed by atoms with Gasteiger partial charge in [-0.05, 0) is 24.3 Å². The van der Waals surface area contributed by atoms with Crippen molar-refractivity contribution < 1.29 is 24.0 Å². The van der Waals surface area contributed by atoms with E-state index in [1.54, 1.807) is 24.3 Å². The summed E-state index contributed by atoms with van der Waals surface area (Å²) >= 11 is 3.26. The van der Waals surface area contributed by atoms with Gasteiger partial charge in [-0.2, -0.15) is 0 Å². The Labute approximate surface area is 145 Å². The monoisotopic (exact) mass is 393 g/mol. The standard InChI is InChI=1S/C16H12BrNO6/c1-23-15-7-4-11(8-13(15)18(21)22)16(20)24-9-14(19)10-2-5-12(17)6-3-10/h2-8H,9H2,1H3. The summed E-state index contributed by atoms with van der Waals surface area (Å²) in [6.07, 6.45) is 0. The van der Waals surface area contributed by atoms with Crippen LogP contribution in [0.25, 0.3) is 0 Å². The summed E-state index contributed by atoms with van der Waals surface area (Å²) in [5, 5.41) is 10.9. The summed E-state index contributed by atoms with van der Waals surface area (Å²) in [7, 11) is 1.29. The predicted octanol–water partition coefficient (Wildman–Crippen LogP) is 3.41. The van der Waals surface area contributed by atoms with E-state index in [4.69, 9.17) is 9.47 Å². The van der Waals surface area contributed by atoms with Crippen LogP contribution in [0.4, 0.5) is 5.69 Å². The fraction of sp³-hybridized carbons (Fsp3) is 0.125. The molecule has 0 aliphatic heterocycles. The van der Waals surface area contributed by atoms with Crippen molar-refractivity contribution in [3.8, 4) is 5.75 Å². The van der Waals surface area contributed by atoms with Gasteiger partial charge in [-0.3, -0.25) is 14.9 Å². The number of hydrogen-bond acceptors (Lipinski definition) is 6. The van der Waals surface area contributed by atoms with Gasteiger partial charge in [-0.25, -0.2) is 4.79 Å². The molecule has 0 spiro atoms. The molecule has 0 amide bonds. The number of hydrogen-bond donors (Lipinski definition) is 0. The second-order valence-corrected chi connectivity index (χ2v) is 5.57. The molecule has 0 atom stereocenters. The maximum Gasteiger partial charge on any atom is 0.338 e. The van der Waals surface area contributed by atoms with Gasteiger partial charge in [0.1, 0.15) is 0 Å². The van der Waals surface area contributed by atoms with Crippen LogP contribution >= 0.6 is 15.9 Å². The Bertz CT molecular complexity index is 788. The lowest BCUT2D eigenvalue weighted by Gasteiger charge is -2.06. The molecule has 0 aliphatic carbocycles. The number of methoxy groups -OCH3 is 1. The van der Waals surface area contributed by atoms with Gasteiger partial charge in [0.05, 0.1) is 17.6 Å². The van der Waals surface area contributed by atoms with Gasteiger partial charge in [0, 0.05) is 16.1 Å². The third-order valence-corrected chi connectivity index (χ3v) is 3.64. The van der Waals surface area contributed by atoms with Crippen molar-refractivity contribution in [3.63, 3.8) is 0 Å². The zero-order chi connectivity index (χ0) is 17.7. The molecule has 0 saturated carbocycles. The minimum atomic E-state index is -0.828. The average molecular weight is 394 g/mol. The van der Waals surface area contributed by atoms with E-state index in [1.807, 2.05) is 0 Å². The Morgan fingerprint density at radius 1 is 1.12 bits per heavy atom. The molecule has 2 rings (SSSR count). The zero-order valence-electron chi connectivity index (χ0n) is 12.5. The number of nitrogens with zero attached hydrogens (tertiary/aromatic N) is 1. The molecule has 24 heavy (non-hydrogen) atoms. The number of nitro groups is 1. The number of halogens is 1. The van der Waals surface area contributed by atoms with Crippen molar-refractivity contribution in [1.82, 2.24) is 0 Å². The molecule has 0 unspecified atom stereocenters. The maximum absolute atomic E-state index is 12.0. The molecule has 0 fully saturated rings. The highest BCUT2D eigenvalue weighted by atomic mass is 79.9. The highest BCUT2D eigenvalue weighted by Gasteiger charge is 2.19. The fourth-order valence-corrected chi connectivity index (χ4v) is 2.16. The zero-order valence-corrected chi connectivity index (χ0v) is 14.1. The van der Waals surface area contributed by atoms with Crippen LogP contribution in [-0.2, 0) is 4.74 Å². The minimum Gasteiger partial charge on any atom is -0.490 e. The Balaban J connectivity index is 2.07. The van der Waals surface area contributed by atoms with Gasteiger partial charge in [0.2, 0.25) is 0 Å². The number of ether oxygens (including phenoxy) is 2. The summed E-state index contributed by atoms with van der Waals surface area (Å²) < 4.78 is 10.6. The van der Waals surface area contributed by atoms with Crippen LogP contribution in [-0.4, -0.2) is 30.4 Å². The molecule has 0 aliphatic rings. The molecule has 0 radical (unpaired) electrons. The first-order valence-electron chi connectivity index (χ1n) is 6.70. The summed E-state index contributed by atoms with van der Waals surface area (Å²) in [4.78, 5) is 34.2. The SMILES string of the molecule is COc1ccc(C(=O)OCC(=O)c2ccc(Br)cc2)cc1[N+](=O)[O-]. The van der Waals surface area contributed by atoms with Gasteiger partial charge in [-0.15, -0.1) is 0 Å². The second kappa shape index (κ2) is 7.69. The Hall–Kier alpha value is -2.74. The molecule has 7 nitrogen and oxygen atoms in total. The summed E-state index contributed by atoms with van der Waals surface area (Å²) in [5.74, 6) is -1.17. The van der Waals surface area contributed by atoms with E-state index in [0.717, 1.165) is 10.5 Å². The lowest BCUT2D eigenvalue weighted by Crippen LogP contribution is -2.14. The van der Waals surface area contributed by atoms with Crippen molar-refractivity contribution in [1.29, 1.82) is 0 Å². The van der Waals surface area contributed by atoms with Crippen LogP contribution in [0, 0.1) is 10.1 Å². The third kappa shape index (κ3) is 4.17. The van der Waals surface area contributed by atoms with Gasteiger partial charge >= 0.3 is 11.7 Å². The van der Waals surface area contributed by atoms with E-state index in [1.165, 1.54) is 19.2 Å². The van der Waals surface area contributed by atoms with E-state index in [2.05, 4.69) is 15.9 Å². The third-order valence-electron chi connectivity index (χ3n) is 3.11. The topological polar surface area (TPSA) is 95.7 Å². The molecule has 2 aromatic rings. The molecule has 2 aromatic carbocycles. The molecular weight excluding hydrogens is 382 g/mol. The van der Waals surface area contributed by atoms with Crippen LogP contribution in [0.5, 0.6) is 5.75 Å². The van der Waals surface area contributed by atoms with Crippen LogP contribution in [0.2, 0.25) is 0 Å². The molecule has 0 bridgehead atoms. The normalized spacial score (nSPS) is 10.1. The highest BCUT2D eigenvalue weighted by molar-refractivity contribution is 9.10. The van der Waals surface area contributed by atoms with Crippen molar-refractivity contribution in [2.24, 2.45) is 0 Å². The number of ketones is 1. The van der Waals surface area contributed by atoms with E-state index in [0.29, 0.717) is 5.56 Å². The predicted molar refractivity (Wildman–Crippen MR) is 88.4 cm³/mol. The molecule has 0 N–H and O–H groups in total. The fourth-order valence-electron chi connectivity index (χ4n) is 1.89. The first kappa shape index (κ1) is 17.6. The van der Waals surface area contributed by atoms with Crippen LogP contribution in [0.1, 0.15) is 20.7 Å². The van der Waals surface area contributed by atoms with Crippen molar-refractivity contribution in [2.75, 3.05) is 13.7 Å². The Morgan fingerprint density at radius 2 is 1.75 bits per heavy atom. The summed E-state index contributed by atoms with van der Waals surface area (Å²) in [6, 6.07) is 10.3. The van der Waals surface area contributed by atoms with Gasteiger partial charge in [0.25, 0.3) is 0 Å². The van der Waals surface area contributed by atoms with Gasteiger partial charge in [-0.1, -0.05) is 28.1 Å². The lowest BCUT2D eigenvalue weighted by molar-refractivity contribution is -0.385. The quantitative estimate of drug-likeness (QED) is 0.323. The molecule has 0 saturated heterocycles. The van der Waals surface area contributed by atoms with E-state index >= 15 is 0 Å². The van der Waals surface area contributed by atoms with E-state index in [9.17, 15) is 19.7 Å². The highest BCUT2D eigenvalue weighted by Crippen LogP contribution is 2.27. The number of rotatable bonds is 6. The van der Waals surface area contributed by atoms with E-state index < -0.39 is 17.5 Å². The molecule has 0 heterocycles. The smallest absolute Gasteiger partial charge is 0.338 e. The first-order chi connectivity index (χ1) is 11.4. The maximum atomic E-state index is 12.0. The van der Waals surface area contributed by atoms with Gasteiger partial charge < -0.3 is 9.47 Å². The van der Waals surface area contributed by atoms with Crippen molar-refractivity contribution in [3.05, 3.63) is 68.2 Å². The summed E-state index contributed by atoms with van der Waals surface area (Å²) in [6.45, 7) is -0.458. The number of nitro benzene ring substituents is 1. The molecule has 124 valence electrons. The number of carbonyl (C=O) groups is 2. The number of carbonyl (C=O) groups excluding carboxylic acids is 2. The van der Waals surface area contributed by atoms with Crippen LogP contribution < -0.4 is 4.74 Å². The lowest BCUT2D eigenvalue weighted by atomic mass is 10.1. The van der Waals surface area contributed by atoms with Crippen LogP contribution in [0.15, 0.2) is 46.9 Å². The number of esters is 1. The Morgan fingerprint density at radius 3 is 2.33 bits per heavy atom.